The SMILES string of the molecule is CCc1nn(C)c(CC)c1CN(CC(C)O)C1CCCCC1. The first-order chi connectivity index (χ1) is 10.6. The zero-order valence-electron chi connectivity index (χ0n) is 14.8. The van der Waals surface area contributed by atoms with Gasteiger partial charge in [0.05, 0.1) is 11.8 Å². The van der Waals surface area contributed by atoms with Crippen LogP contribution in [0.2, 0.25) is 0 Å². The average Bonchev–Trinajstić information content (AvgIpc) is 2.82. The van der Waals surface area contributed by atoms with Crippen LogP contribution >= 0.6 is 0 Å². The zero-order chi connectivity index (χ0) is 16.1. The summed E-state index contributed by atoms with van der Waals surface area (Å²) in [4.78, 5) is 2.51. The van der Waals surface area contributed by atoms with Crippen molar-refractivity contribution < 1.29 is 5.11 Å². The van der Waals surface area contributed by atoms with Gasteiger partial charge in [-0.2, -0.15) is 5.10 Å². The minimum atomic E-state index is -0.270. The summed E-state index contributed by atoms with van der Waals surface area (Å²) >= 11 is 0. The molecule has 1 aliphatic rings. The summed E-state index contributed by atoms with van der Waals surface area (Å²) in [6.07, 6.45) is 8.30. The topological polar surface area (TPSA) is 41.3 Å². The molecule has 2 rings (SSSR count). The lowest BCUT2D eigenvalue weighted by atomic mass is 9.93. The maximum absolute atomic E-state index is 9.93. The third-order valence-electron chi connectivity index (χ3n) is 4.98. The Bertz CT molecular complexity index is 461. The molecule has 0 saturated heterocycles. The van der Waals surface area contributed by atoms with Crippen molar-refractivity contribution in [2.45, 2.75) is 84.4 Å². The Hall–Kier alpha value is -0.870. The Labute approximate surface area is 135 Å². The third kappa shape index (κ3) is 4.11. The fourth-order valence-electron chi connectivity index (χ4n) is 3.90. The van der Waals surface area contributed by atoms with Crippen molar-refractivity contribution in [3.8, 4) is 0 Å². The number of hydrogen-bond acceptors (Lipinski definition) is 3. The van der Waals surface area contributed by atoms with Gasteiger partial charge < -0.3 is 5.11 Å². The number of aromatic nitrogens is 2. The van der Waals surface area contributed by atoms with Crippen LogP contribution in [0.5, 0.6) is 0 Å². The van der Waals surface area contributed by atoms with Gasteiger partial charge in [0.25, 0.3) is 0 Å². The van der Waals surface area contributed by atoms with Crippen LogP contribution in [0.25, 0.3) is 0 Å². The van der Waals surface area contributed by atoms with E-state index in [0.29, 0.717) is 6.04 Å². The van der Waals surface area contributed by atoms with Crippen molar-refractivity contribution >= 4 is 0 Å². The Morgan fingerprint density at radius 2 is 1.91 bits per heavy atom. The molecule has 1 aromatic heterocycles. The smallest absolute Gasteiger partial charge is 0.0669 e. The molecule has 1 heterocycles. The van der Waals surface area contributed by atoms with Gasteiger partial charge in [-0.25, -0.2) is 0 Å². The van der Waals surface area contributed by atoms with E-state index in [1.807, 2.05) is 6.92 Å². The molecular weight excluding hydrogens is 274 g/mol. The van der Waals surface area contributed by atoms with Crippen molar-refractivity contribution in [1.82, 2.24) is 14.7 Å². The van der Waals surface area contributed by atoms with E-state index in [-0.39, 0.29) is 6.10 Å². The largest absolute Gasteiger partial charge is 0.392 e. The van der Waals surface area contributed by atoms with Crippen LogP contribution < -0.4 is 0 Å². The molecule has 1 atom stereocenters. The molecule has 4 nitrogen and oxygen atoms in total. The number of aliphatic hydroxyl groups is 1. The summed E-state index contributed by atoms with van der Waals surface area (Å²) in [6.45, 7) is 8.01. The maximum atomic E-state index is 9.93. The third-order valence-corrected chi connectivity index (χ3v) is 4.98. The van der Waals surface area contributed by atoms with Gasteiger partial charge in [-0.1, -0.05) is 33.1 Å². The molecule has 0 spiro atoms. The summed E-state index contributed by atoms with van der Waals surface area (Å²) in [5.74, 6) is 0. The predicted octanol–water partition coefficient (Wildman–Crippen LogP) is 3.06. The van der Waals surface area contributed by atoms with Crippen LogP contribution in [0.15, 0.2) is 0 Å². The molecule has 1 fully saturated rings. The minimum absolute atomic E-state index is 0.270. The molecule has 4 heteroatoms. The van der Waals surface area contributed by atoms with E-state index in [4.69, 9.17) is 5.10 Å². The van der Waals surface area contributed by atoms with E-state index >= 15 is 0 Å². The van der Waals surface area contributed by atoms with Gasteiger partial charge in [-0.05, 0) is 32.6 Å². The Kier molecular flexibility index (Phi) is 6.45. The fourth-order valence-corrected chi connectivity index (χ4v) is 3.90. The van der Waals surface area contributed by atoms with Gasteiger partial charge in [0.15, 0.2) is 0 Å². The van der Waals surface area contributed by atoms with Gasteiger partial charge in [-0.15, -0.1) is 0 Å². The van der Waals surface area contributed by atoms with Crippen LogP contribution in [0, 0.1) is 0 Å². The van der Waals surface area contributed by atoms with E-state index in [2.05, 4.69) is 30.5 Å². The van der Waals surface area contributed by atoms with E-state index in [1.54, 1.807) is 0 Å². The number of rotatable bonds is 7. The molecule has 1 N–H and O–H groups in total. The van der Waals surface area contributed by atoms with Crippen molar-refractivity contribution in [2.75, 3.05) is 6.54 Å². The van der Waals surface area contributed by atoms with Crippen molar-refractivity contribution in [1.29, 1.82) is 0 Å². The number of nitrogens with zero attached hydrogens (tertiary/aromatic N) is 3. The molecule has 1 saturated carbocycles. The van der Waals surface area contributed by atoms with Gasteiger partial charge in [0.1, 0.15) is 0 Å². The summed E-state index contributed by atoms with van der Waals surface area (Å²) in [6, 6.07) is 0.623. The summed E-state index contributed by atoms with van der Waals surface area (Å²) in [5, 5.41) is 14.6. The summed E-state index contributed by atoms with van der Waals surface area (Å²) in [7, 11) is 2.06. The maximum Gasteiger partial charge on any atom is 0.0669 e. The predicted molar refractivity (Wildman–Crippen MR) is 90.9 cm³/mol. The highest BCUT2D eigenvalue weighted by Gasteiger charge is 2.25. The van der Waals surface area contributed by atoms with Crippen LogP contribution in [-0.4, -0.2) is 38.5 Å². The first-order valence-electron chi connectivity index (χ1n) is 9.02. The molecule has 1 unspecified atom stereocenters. The van der Waals surface area contributed by atoms with Gasteiger partial charge in [-0.3, -0.25) is 9.58 Å². The van der Waals surface area contributed by atoms with E-state index in [1.165, 1.54) is 49.1 Å². The fraction of sp³-hybridized carbons (Fsp3) is 0.833. The summed E-state index contributed by atoms with van der Waals surface area (Å²) < 4.78 is 2.05. The number of aryl methyl sites for hydroxylation is 2. The standard InChI is InChI=1S/C18H33N3O/c1-5-17-16(18(6-2)20(4)19-17)13-21(12-14(3)22)15-10-8-7-9-11-15/h14-15,22H,5-13H2,1-4H3. The summed E-state index contributed by atoms with van der Waals surface area (Å²) in [5.41, 5.74) is 3.98. The minimum Gasteiger partial charge on any atom is -0.392 e. The molecule has 0 bridgehead atoms. The zero-order valence-corrected chi connectivity index (χ0v) is 14.8. The Morgan fingerprint density at radius 1 is 1.23 bits per heavy atom. The lowest BCUT2D eigenvalue weighted by molar-refractivity contribution is 0.0765. The average molecular weight is 307 g/mol. The van der Waals surface area contributed by atoms with Crippen molar-refractivity contribution in [3.05, 3.63) is 17.0 Å². The highest BCUT2D eigenvalue weighted by atomic mass is 16.3. The first kappa shape index (κ1) is 17.5. The van der Waals surface area contributed by atoms with Gasteiger partial charge in [0, 0.05) is 37.4 Å². The highest BCUT2D eigenvalue weighted by Crippen LogP contribution is 2.26. The molecule has 0 aliphatic heterocycles. The quantitative estimate of drug-likeness (QED) is 0.842. The Balaban J connectivity index is 2.22. The second-order valence-corrected chi connectivity index (χ2v) is 6.77. The molecule has 1 aliphatic carbocycles. The van der Waals surface area contributed by atoms with Crippen molar-refractivity contribution in [3.63, 3.8) is 0 Å². The lowest BCUT2D eigenvalue weighted by Gasteiger charge is -2.35. The van der Waals surface area contributed by atoms with Gasteiger partial charge >= 0.3 is 0 Å². The molecular formula is C18H33N3O. The normalized spacial score (nSPS) is 18.1. The van der Waals surface area contributed by atoms with Crippen molar-refractivity contribution in [2.24, 2.45) is 7.05 Å². The van der Waals surface area contributed by atoms with Crippen LogP contribution in [0.3, 0.4) is 0 Å². The van der Waals surface area contributed by atoms with E-state index < -0.39 is 0 Å². The second-order valence-electron chi connectivity index (χ2n) is 6.77. The first-order valence-corrected chi connectivity index (χ1v) is 9.02. The monoisotopic (exact) mass is 307 g/mol. The Morgan fingerprint density at radius 3 is 2.45 bits per heavy atom. The number of aliphatic hydroxyl groups excluding tert-OH is 1. The van der Waals surface area contributed by atoms with Crippen LogP contribution in [0.4, 0.5) is 0 Å². The molecule has 0 radical (unpaired) electrons. The van der Waals surface area contributed by atoms with Crippen LogP contribution in [0.1, 0.15) is 69.8 Å². The lowest BCUT2D eigenvalue weighted by Crippen LogP contribution is -2.40. The highest BCUT2D eigenvalue weighted by molar-refractivity contribution is 5.26. The molecule has 126 valence electrons. The molecule has 22 heavy (non-hydrogen) atoms. The second kappa shape index (κ2) is 8.11. The van der Waals surface area contributed by atoms with E-state index in [9.17, 15) is 5.11 Å². The molecule has 1 aromatic rings. The molecule has 0 aromatic carbocycles. The van der Waals surface area contributed by atoms with Gasteiger partial charge in [0.2, 0.25) is 0 Å². The number of hydrogen-bond donors (Lipinski definition) is 1. The molecule has 0 amide bonds. The van der Waals surface area contributed by atoms with E-state index in [0.717, 1.165) is 25.9 Å². The van der Waals surface area contributed by atoms with Crippen LogP contribution in [-0.2, 0) is 26.4 Å².